The van der Waals surface area contributed by atoms with Gasteiger partial charge in [0.05, 0.1) is 6.04 Å². The van der Waals surface area contributed by atoms with Crippen molar-refractivity contribution >= 4 is 28.3 Å². The average molecular weight is 366 g/mol. The van der Waals surface area contributed by atoms with Crippen molar-refractivity contribution in [1.29, 1.82) is 0 Å². The summed E-state index contributed by atoms with van der Waals surface area (Å²) in [5, 5.41) is 10.9. The fourth-order valence-corrected chi connectivity index (χ4v) is 4.13. The highest BCUT2D eigenvalue weighted by molar-refractivity contribution is 7.13. The summed E-state index contributed by atoms with van der Waals surface area (Å²) in [4.78, 5) is 28.7. The Morgan fingerprint density at radius 1 is 1.28 bits per heavy atom. The highest BCUT2D eigenvalue weighted by Gasteiger charge is 2.27. The second kappa shape index (κ2) is 8.71. The molecule has 0 radical (unpaired) electrons. The highest BCUT2D eigenvalue weighted by Crippen LogP contribution is 2.24. The molecule has 0 spiro atoms. The van der Waals surface area contributed by atoms with Crippen molar-refractivity contribution < 1.29 is 9.59 Å². The Morgan fingerprint density at radius 3 is 2.64 bits per heavy atom. The number of hydrogen-bond donors (Lipinski definition) is 1. The third-order valence-corrected chi connectivity index (χ3v) is 6.00. The number of rotatable bonds is 6. The van der Waals surface area contributed by atoms with E-state index in [1.165, 1.54) is 11.3 Å². The molecule has 1 N–H and O–H groups in total. The third kappa shape index (κ3) is 4.98. The van der Waals surface area contributed by atoms with Crippen LogP contribution in [0.1, 0.15) is 45.4 Å². The molecule has 2 fully saturated rings. The number of aromatic nitrogens is 2. The maximum Gasteiger partial charge on any atom is 0.243 e. The summed E-state index contributed by atoms with van der Waals surface area (Å²) < 4.78 is 0. The van der Waals surface area contributed by atoms with Crippen LogP contribution in [0.15, 0.2) is 5.51 Å². The largest absolute Gasteiger partial charge is 0.343 e. The first-order chi connectivity index (χ1) is 12.1. The van der Waals surface area contributed by atoms with E-state index in [-0.39, 0.29) is 11.9 Å². The van der Waals surface area contributed by atoms with E-state index in [1.807, 2.05) is 11.8 Å². The summed E-state index contributed by atoms with van der Waals surface area (Å²) in [5.41, 5.74) is 1.61. The zero-order chi connectivity index (χ0) is 17.6. The molecule has 1 atom stereocenters. The Bertz CT molecular complexity index is 566. The molecule has 2 saturated heterocycles. The van der Waals surface area contributed by atoms with Gasteiger partial charge in [0.1, 0.15) is 5.51 Å². The Hall–Kier alpha value is -1.54. The van der Waals surface area contributed by atoms with E-state index < -0.39 is 0 Å². The lowest BCUT2D eigenvalue weighted by Gasteiger charge is -2.35. The van der Waals surface area contributed by atoms with Crippen molar-refractivity contribution in [2.24, 2.45) is 5.92 Å². The predicted molar refractivity (Wildman–Crippen MR) is 97.3 cm³/mol. The van der Waals surface area contributed by atoms with E-state index >= 15 is 0 Å². The van der Waals surface area contributed by atoms with Crippen molar-refractivity contribution in [2.45, 2.75) is 51.5 Å². The molecule has 3 rings (SSSR count). The molecule has 3 heterocycles. The number of nitrogens with zero attached hydrogens (tertiary/aromatic N) is 4. The fourth-order valence-electron chi connectivity index (χ4n) is 3.68. The lowest BCUT2D eigenvalue weighted by molar-refractivity contribution is -0.130. The van der Waals surface area contributed by atoms with E-state index in [4.69, 9.17) is 0 Å². The van der Waals surface area contributed by atoms with Crippen LogP contribution in [0.25, 0.3) is 0 Å². The number of amides is 2. The van der Waals surface area contributed by atoms with Crippen molar-refractivity contribution in [3.63, 3.8) is 0 Å². The Balaban J connectivity index is 1.37. The van der Waals surface area contributed by atoms with Crippen molar-refractivity contribution in [1.82, 2.24) is 20.0 Å². The number of carbonyl (C=O) groups is 2. The molecule has 0 bridgehead atoms. The molecule has 0 saturated carbocycles. The quantitative estimate of drug-likeness (QED) is 0.834. The van der Waals surface area contributed by atoms with Crippen molar-refractivity contribution in [3.05, 3.63) is 5.51 Å². The van der Waals surface area contributed by atoms with Gasteiger partial charge in [-0.1, -0.05) is 11.3 Å². The van der Waals surface area contributed by atoms with Crippen LogP contribution in [0.5, 0.6) is 0 Å². The summed E-state index contributed by atoms with van der Waals surface area (Å²) in [5.74, 6) is 0.894. The van der Waals surface area contributed by atoms with E-state index in [0.29, 0.717) is 23.4 Å². The van der Waals surface area contributed by atoms with Gasteiger partial charge < -0.3 is 4.90 Å². The first-order valence-corrected chi connectivity index (χ1v) is 10.1. The molecule has 1 aromatic rings. The average Bonchev–Trinajstić information content (AvgIpc) is 3.33. The summed E-state index contributed by atoms with van der Waals surface area (Å²) in [6, 6.07) is -0.170. The van der Waals surface area contributed by atoms with Crippen LogP contribution >= 0.6 is 11.3 Å². The van der Waals surface area contributed by atoms with E-state index in [2.05, 4.69) is 20.4 Å². The van der Waals surface area contributed by atoms with Crippen LogP contribution < -0.4 is 5.32 Å². The minimum absolute atomic E-state index is 0.0283. The molecule has 25 heavy (non-hydrogen) atoms. The Labute approximate surface area is 152 Å². The van der Waals surface area contributed by atoms with Gasteiger partial charge in [-0.3, -0.25) is 19.8 Å². The van der Waals surface area contributed by atoms with Crippen LogP contribution in [0.4, 0.5) is 5.13 Å². The number of carbonyl (C=O) groups excluding carboxylic acids is 2. The standard InChI is InChI=1S/C17H27N5O2S/c1-13(16(24)19-17-20-18-12-25-17)21-10-6-14(7-11-21)4-5-15(23)22-8-2-3-9-22/h12-14H,2-11H2,1H3,(H,19,20,24)/t13-/m1/s1. The monoisotopic (exact) mass is 365 g/mol. The van der Waals surface area contributed by atoms with Gasteiger partial charge in [0.15, 0.2) is 0 Å². The van der Waals surface area contributed by atoms with Gasteiger partial charge in [-0.25, -0.2) is 0 Å². The van der Waals surface area contributed by atoms with Crippen LogP contribution in [0.2, 0.25) is 0 Å². The Morgan fingerprint density at radius 2 is 2.00 bits per heavy atom. The number of likely N-dealkylation sites (tertiary alicyclic amines) is 2. The minimum atomic E-state index is -0.170. The zero-order valence-electron chi connectivity index (χ0n) is 14.8. The lowest BCUT2D eigenvalue weighted by Crippen LogP contribution is -2.46. The molecule has 0 aromatic carbocycles. The van der Waals surface area contributed by atoms with Gasteiger partial charge >= 0.3 is 0 Å². The third-order valence-electron chi connectivity index (χ3n) is 5.39. The van der Waals surface area contributed by atoms with Crippen LogP contribution in [0, 0.1) is 5.92 Å². The molecular weight excluding hydrogens is 338 g/mol. The van der Waals surface area contributed by atoms with Gasteiger partial charge in [-0.15, -0.1) is 10.2 Å². The summed E-state index contributed by atoms with van der Waals surface area (Å²) >= 11 is 1.33. The number of hydrogen-bond acceptors (Lipinski definition) is 6. The molecule has 8 heteroatoms. The normalized spacial score (nSPS) is 20.6. The van der Waals surface area contributed by atoms with Gasteiger partial charge in [0, 0.05) is 19.5 Å². The first kappa shape index (κ1) is 18.3. The maximum absolute atomic E-state index is 12.3. The van der Waals surface area contributed by atoms with Gasteiger partial charge in [0.25, 0.3) is 0 Å². The molecule has 138 valence electrons. The summed E-state index contributed by atoms with van der Waals surface area (Å²) in [6.45, 7) is 5.64. The number of nitrogens with one attached hydrogen (secondary N) is 1. The van der Waals surface area contributed by atoms with Gasteiger partial charge in [0.2, 0.25) is 16.9 Å². The lowest BCUT2D eigenvalue weighted by atomic mass is 9.91. The molecule has 7 nitrogen and oxygen atoms in total. The van der Waals surface area contributed by atoms with Gasteiger partial charge in [-0.2, -0.15) is 0 Å². The van der Waals surface area contributed by atoms with Crippen molar-refractivity contribution in [3.8, 4) is 0 Å². The van der Waals surface area contributed by atoms with Gasteiger partial charge in [-0.05, 0) is 58.0 Å². The summed E-state index contributed by atoms with van der Waals surface area (Å²) in [6.07, 6.45) is 6.09. The summed E-state index contributed by atoms with van der Waals surface area (Å²) in [7, 11) is 0. The molecule has 0 unspecified atom stereocenters. The molecule has 2 aliphatic heterocycles. The smallest absolute Gasteiger partial charge is 0.243 e. The fraction of sp³-hybridized carbons (Fsp3) is 0.765. The molecule has 2 amide bonds. The van der Waals surface area contributed by atoms with Crippen LogP contribution in [-0.2, 0) is 9.59 Å². The minimum Gasteiger partial charge on any atom is -0.343 e. The van der Waals surface area contributed by atoms with Crippen LogP contribution in [-0.4, -0.2) is 64.0 Å². The molecule has 2 aliphatic rings. The number of anilines is 1. The highest BCUT2D eigenvalue weighted by atomic mass is 32.1. The first-order valence-electron chi connectivity index (χ1n) is 9.22. The van der Waals surface area contributed by atoms with Crippen LogP contribution in [0.3, 0.4) is 0 Å². The van der Waals surface area contributed by atoms with Crippen molar-refractivity contribution in [2.75, 3.05) is 31.5 Å². The predicted octanol–water partition coefficient (Wildman–Crippen LogP) is 1.98. The maximum atomic E-state index is 12.3. The van der Waals surface area contributed by atoms with E-state index in [9.17, 15) is 9.59 Å². The molecule has 0 aliphatic carbocycles. The SMILES string of the molecule is C[C@H](C(=O)Nc1nncs1)N1CCC(CCC(=O)N2CCCC2)CC1. The Kier molecular flexibility index (Phi) is 6.36. The molecular formula is C17H27N5O2S. The molecule has 1 aromatic heterocycles. The van der Waals surface area contributed by atoms with E-state index in [0.717, 1.165) is 58.3 Å². The number of piperidine rings is 1. The zero-order valence-corrected chi connectivity index (χ0v) is 15.6. The second-order valence-electron chi connectivity index (χ2n) is 7.02. The topological polar surface area (TPSA) is 78.4 Å². The second-order valence-corrected chi connectivity index (χ2v) is 7.85. The van der Waals surface area contributed by atoms with E-state index in [1.54, 1.807) is 5.51 Å².